The van der Waals surface area contributed by atoms with E-state index in [9.17, 15) is 10.2 Å². The van der Waals surface area contributed by atoms with E-state index in [2.05, 4.69) is 5.43 Å². The number of phenolic OH excluding ortho intramolecular Hbond substituents is 2. The fourth-order valence-corrected chi connectivity index (χ4v) is 1.25. The van der Waals surface area contributed by atoms with Crippen LogP contribution in [-0.2, 0) is 0 Å². The van der Waals surface area contributed by atoms with Crippen LogP contribution in [0.5, 0.6) is 11.5 Å². The monoisotopic (exact) mass is 182 g/mol. The lowest BCUT2D eigenvalue weighted by Crippen LogP contribution is -2.27. The molecule has 1 aromatic rings. The number of nitrogens with two attached hydrogens (primary N) is 1. The molecule has 0 aliphatic rings. The van der Waals surface area contributed by atoms with Crippen LogP contribution < -0.4 is 11.3 Å². The maximum Gasteiger partial charge on any atom is 0.120 e. The molecule has 0 spiro atoms. The third-order valence-electron chi connectivity index (χ3n) is 2.00. The van der Waals surface area contributed by atoms with Gasteiger partial charge in [0.25, 0.3) is 0 Å². The molecule has 0 radical (unpaired) electrons. The minimum Gasteiger partial charge on any atom is -0.508 e. The predicted octanol–water partition coefficient (Wildman–Crippen LogP) is 1.01. The maximum absolute atomic E-state index is 9.46. The Hall–Kier alpha value is -1.26. The summed E-state index contributed by atoms with van der Waals surface area (Å²) in [5, 5.41) is 18.7. The van der Waals surface area contributed by atoms with E-state index in [1.165, 1.54) is 18.2 Å². The molecule has 13 heavy (non-hydrogen) atoms. The normalized spacial score (nSPS) is 12.8. The van der Waals surface area contributed by atoms with Gasteiger partial charge in [-0.2, -0.15) is 0 Å². The predicted molar refractivity (Wildman–Crippen MR) is 50.1 cm³/mol. The number of hydrazine groups is 1. The van der Waals surface area contributed by atoms with Crippen molar-refractivity contribution in [1.29, 1.82) is 0 Å². The molecule has 0 saturated carbocycles. The summed E-state index contributed by atoms with van der Waals surface area (Å²) in [6.07, 6.45) is 0.744. The Morgan fingerprint density at radius 2 is 2.15 bits per heavy atom. The second-order valence-electron chi connectivity index (χ2n) is 2.87. The van der Waals surface area contributed by atoms with Crippen molar-refractivity contribution in [3.63, 3.8) is 0 Å². The summed E-state index contributed by atoms with van der Waals surface area (Å²) in [6, 6.07) is 4.25. The van der Waals surface area contributed by atoms with Gasteiger partial charge in [-0.05, 0) is 24.6 Å². The molecule has 0 fully saturated rings. The van der Waals surface area contributed by atoms with E-state index in [1.54, 1.807) is 0 Å². The Bertz CT molecular complexity index is 285. The minimum atomic E-state index is -0.132. The molecule has 0 saturated heterocycles. The lowest BCUT2D eigenvalue weighted by Gasteiger charge is -2.15. The molecule has 0 aliphatic heterocycles. The molecule has 0 amide bonds. The van der Waals surface area contributed by atoms with Crippen molar-refractivity contribution in [1.82, 2.24) is 5.43 Å². The van der Waals surface area contributed by atoms with E-state index in [1.807, 2.05) is 6.92 Å². The maximum atomic E-state index is 9.46. The Morgan fingerprint density at radius 1 is 1.46 bits per heavy atom. The van der Waals surface area contributed by atoms with Gasteiger partial charge < -0.3 is 10.2 Å². The zero-order chi connectivity index (χ0) is 9.84. The van der Waals surface area contributed by atoms with Gasteiger partial charge in [-0.3, -0.25) is 11.3 Å². The highest BCUT2D eigenvalue weighted by molar-refractivity contribution is 5.40. The number of hydrogen-bond acceptors (Lipinski definition) is 4. The van der Waals surface area contributed by atoms with Gasteiger partial charge in [-0.1, -0.05) is 6.92 Å². The molecule has 0 aromatic heterocycles. The van der Waals surface area contributed by atoms with E-state index < -0.39 is 0 Å². The van der Waals surface area contributed by atoms with Crippen molar-refractivity contribution in [2.75, 3.05) is 0 Å². The number of phenols is 2. The molecule has 72 valence electrons. The van der Waals surface area contributed by atoms with E-state index >= 15 is 0 Å². The van der Waals surface area contributed by atoms with Crippen LogP contribution in [0.15, 0.2) is 18.2 Å². The van der Waals surface area contributed by atoms with Crippen LogP contribution >= 0.6 is 0 Å². The molecule has 5 N–H and O–H groups in total. The summed E-state index contributed by atoms with van der Waals surface area (Å²) in [5.74, 6) is 5.56. The molecule has 1 aromatic carbocycles. The average Bonchev–Trinajstić information content (AvgIpc) is 2.13. The third kappa shape index (κ3) is 2.11. The summed E-state index contributed by atoms with van der Waals surface area (Å²) in [5.41, 5.74) is 3.18. The standard InChI is InChI=1S/C9H14N2O2/c1-2-8(11-10)7-5-6(12)3-4-9(7)13/h3-5,8,11-13H,2,10H2,1H3. The first-order chi connectivity index (χ1) is 6.19. The fourth-order valence-electron chi connectivity index (χ4n) is 1.25. The van der Waals surface area contributed by atoms with Crippen LogP contribution in [0.3, 0.4) is 0 Å². The first-order valence-corrected chi connectivity index (χ1v) is 4.17. The summed E-state index contributed by atoms with van der Waals surface area (Å²) < 4.78 is 0. The van der Waals surface area contributed by atoms with Crippen LogP contribution in [0.4, 0.5) is 0 Å². The van der Waals surface area contributed by atoms with E-state index in [0.717, 1.165) is 6.42 Å². The molecule has 0 aliphatic carbocycles. The van der Waals surface area contributed by atoms with E-state index in [-0.39, 0.29) is 17.5 Å². The molecule has 0 heterocycles. The highest BCUT2D eigenvalue weighted by Crippen LogP contribution is 2.28. The molecule has 4 heteroatoms. The van der Waals surface area contributed by atoms with Gasteiger partial charge in [0.2, 0.25) is 0 Å². The van der Waals surface area contributed by atoms with Crippen molar-refractivity contribution < 1.29 is 10.2 Å². The van der Waals surface area contributed by atoms with Gasteiger partial charge in [-0.15, -0.1) is 0 Å². The fraction of sp³-hybridized carbons (Fsp3) is 0.333. The van der Waals surface area contributed by atoms with Gasteiger partial charge in [0.15, 0.2) is 0 Å². The number of aromatic hydroxyl groups is 2. The molecule has 4 nitrogen and oxygen atoms in total. The van der Waals surface area contributed by atoms with E-state index in [4.69, 9.17) is 5.84 Å². The lowest BCUT2D eigenvalue weighted by atomic mass is 10.0. The largest absolute Gasteiger partial charge is 0.508 e. The Labute approximate surface area is 77.0 Å². The molecule has 1 atom stereocenters. The number of rotatable bonds is 3. The summed E-state index contributed by atoms with van der Waals surface area (Å²) >= 11 is 0. The zero-order valence-corrected chi connectivity index (χ0v) is 7.49. The lowest BCUT2D eigenvalue weighted by molar-refractivity contribution is 0.434. The summed E-state index contributed by atoms with van der Waals surface area (Å²) in [4.78, 5) is 0. The van der Waals surface area contributed by atoms with Crippen LogP contribution in [0.2, 0.25) is 0 Å². The van der Waals surface area contributed by atoms with Crippen LogP contribution in [0.1, 0.15) is 24.9 Å². The molecule has 1 rings (SSSR count). The number of hydrogen-bond donors (Lipinski definition) is 4. The number of benzene rings is 1. The first-order valence-electron chi connectivity index (χ1n) is 4.17. The minimum absolute atomic E-state index is 0.126. The molecule has 0 bridgehead atoms. The Kier molecular flexibility index (Phi) is 3.11. The van der Waals surface area contributed by atoms with Crippen molar-refractivity contribution in [2.24, 2.45) is 5.84 Å². The average molecular weight is 182 g/mol. The molecular weight excluding hydrogens is 168 g/mol. The number of nitrogens with one attached hydrogen (secondary N) is 1. The van der Waals surface area contributed by atoms with Gasteiger partial charge in [-0.25, -0.2) is 0 Å². The van der Waals surface area contributed by atoms with Crippen molar-refractivity contribution in [2.45, 2.75) is 19.4 Å². The second kappa shape index (κ2) is 4.11. The van der Waals surface area contributed by atoms with Crippen LogP contribution in [0.25, 0.3) is 0 Å². The highest BCUT2D eigenvalue weighted by Gasteiger charge is 2.11. The Morgan fingerprint density at radius 3 is 2.69 bits per heavy atom. The molecular formula is C9H14N2O2. The summed E-state index contributed by atoms with van der Waals surface area (Å²) in [7, 11) is 0. The first kappa shape index (κ1) is 9.83. The smallest absolute Gasteiger partial charge is 0.120 e. The van der Waals surface area contributed by atoms with Gasteiger partial charge in [0.1, 0.15) is 11.5 Å². The van der Waals surface area contributed by atoms with Crippen molar-refractivity contribution in [3.05, 3.63) is 23.8 Å². The van der Waals surface area contributed by atoms with Crippen molar-refractivity contribution >= 4 is 0 Å². The zero-order valence-electron chi connectivity index (χ0n) is 7.49. The Balaban J connectivity index is 3.03. The van der Waals surface area contributed by atoms with Crippen molar-refractivity contribution in [3.8, 4) is 11.5 Å². The highest BCUT2D eigenvalue weighted by atomic mass is 16.3. The topological polar surface area (TPSA) is 78.5 Å². The van der Waals surface area contributed by atoms with E-state index in [0.29, 0.717) is 5.56 Å². The van der Waals surface area contributed by atoms with Gasteiger partial charge in [0.05, 0.1) is 0 Å². The van der Waals surface area contributed by atoms with Gasteiger partial charge >= 0.3 is 0 Å². The SMILES string of the molecule is CCC(NN)c1cc(O)ccc1O. The summed E-state index contributed by atoms with van der Waals surface area (Å²) in [6.45, 7) is 1.94. The van der Waals surface area contributed by atoms with Crippen LogP contribution in [0, 0.1) is 0 Å². The quantitative estimate of drug-likeness (QED) is 0.319. The third-order valence-corrected chi connectivity index (χ3v) is 2.00. The van der Waals surface area contributed by atoms with Gasteiger partial charge in [0, 0.05) is 11.6 Å². The molecule has 1 unspecified atom stereocenters. The second-order valence-corrected chi connectivity index (χ2v) is 2.87. The van der Waals surface area contributed by atoms with Crippen LogP contribution in [-0.4, -0.2) is 10.2 Å².